The van der Waals surface area contributed by atoms with Crippen molar-refractivity contribution >= 4 is 28.3 Å². The fourth-order valence-electron chi connectivity index (χ4n) is 1.48. The molecule has 0 fully saturated rings. The van der Waals surface area contributed by atoms with Crippen LogP contribution in [0, 0.1) is 0 Å². The lowest BCUT2D eigenvalue weighted by Crippen LogP contribution is -2.03. The minimum Gasteiger partial charge on any atom is -0.369 e. The van der Waals surface area contributed by atoms with Crippen molar-refractivity contribution in [2.75, 3.05) is 11.9 Å². The van der Waals surface area contributed by atoms with Gasteiger partial charge in [0.15, 0.2) is 0 Å². The van der Waals surface area contributed by atoms with E-state index in [1.807, 2.05) is 30.3 Å². The van der Waals surface area contributed by atoms with Gasteiger partial charge in [0.2, 0.25) is 5.28 Å². The van der Waals surface area contributed by atoms with Crippen molar-refractivity contribution in [2.24, 2.45) is 0 Å². The normalized spacial score (nSPS) is 10.3. The van der Waals surface area contributed by atoms with E-state index in [2.05, 4.69) is 21.9 Å². The number of nitrogens with zero attached hydrogens (tertiary/aromatic N) is 2. The van der Waals surface area contributed by atoms with Crippen LogP contribution < -0.4 is 5.32 Å². The highest BCUT2D eigenvalue weighted by Gasteiger charge is 2.04. The number of hydrogen-bond acceptors (Lipinski definition) is 3. The molecule has 0 aliphatic carbocycles. The van der Waals surface area contributed by atoms with Gasteiger partial charge in [-0.1, -0.05) is 18.2 Å². The molecule has 82 valence electrons. The molecule has 1 aromatic carbocycles. The summed E-state index contributed by atoms with van der Waals surface area (Å²) in [6, 6.07) is 7.78. The zero-order valence-corrected chi connectivity index (χ0v) is 9.54. The smallest absolute Gasteiger partial charge is 0.224 e. The number of benzene rings is 1. The molecule has 0 aliphatic heterocycles. The second-order valence-electron chi connectivity index (χ2n) is 3.36. The Morgan fingerprint density at radius 2 is 2.12 bits per heavy atom. The zero-order valence-electron chi connectivity index (χ0n) is 8.78. The highest BCUT2D eigenvalue weighted by molar-refractivity contribution is 6.28. The van der Waals surface area contributed by atoms with Gasteiger partial charge in [0.05, 0.1) is 5.52 Å². The Bertz CT molecular complexity index is 511. The summed E-state index contributed by atoms with van der Waals surface area (Å²) in [5.41, 5.74) is 0.851. The summed E-state index contributed by atoms with van der Waals surface area (Å²) in [7, 11) is 0. The Labute approximate surface area is 99.2 Å². The van der Waals surface area contributed by atoms with Crippen LogP contribution in [0.25, 0.3) is 10.9 Å². The predicted octanol–water partition coefficient (Wildman–Crippen LogP) is 3.27. The third kappa shape index (κ3) is 2.31. The van der Waals surface area contributed by atoms with Crippen molar-refractivity contribution in [2.45, 2.75) is 6.42 Å². The van der Waals surface area contributed by atoms with Gasteiger partial charge >= 0.3 is 0 Å². The fourth-order valence-corrected chi connectivity index (χ4v) is 1.65. The molecule has 1 aromatic heterocycles. The van der Waals surface area contributed by atoms with E-state index in [1.165, 1.54) is 0 Å². The molecule has 3 nitrogen and oxygen atoms in total. The van der Waals surface area contributed by atoms with Gasteiger partial charge < -0.3 is 5.32 Å². The Morgan fingerprint density at radius 1 is 1.31 bits per heavy atom. The van der Waals surface area contributed by atoms with E-state index < -0.39 is 0 Å². The van der Waals surface area contributed by atoms with Gasteiger partial charge in [-0.2, -0.15) is 0 Å². The molecular formula is C12H12ClN3. The number of nitrogens with one attached hydrogen (secondary N) is 1. The summed E-state index contributed by atoms with van der Waals surface area (Å²) in [5.74, 6) is 0.775. The SMILES string of the molecule is C=CCCNc1nc(Cl)nc2ccccc12. The maximum absolute atomic E-state index is 5.85. The average Bonchev–Trinajstić information content (AvgIpc) is 2.29. The summed E-state index contributed by atoms with van der Waals surface area (Å²) >= 11 is 5.85. The lowest BCUT2D eigenvalue weighted by Gasteiger charge is -2.07. The van der Waals surface area contributed by atoms with E-state index in [0.29, 0.717) is 0 Å². The van der Waals surface area contributed by atoms with E-state index in [1.54, 1.807) is 0 Å². The van der Waals surface area contributed by atoms with E-state index in [-0.39, 0.29) is 5.28 Å². The standard InChI is InChI=1S/C12H12ClN3/c1-2-3-8-14-11-9-6-4-5-7-10(9)15-12(13)16-11/h2,4-7H,1,3,8H2,(H,14,15,16). The molecule has 2 rings (SSSR count). The second-order valence-corrected chi connectivity index (χ2v) is 3.70. The molecule has 0 radical (unpaired) electrons. The highest BCUT2D eigenvalue weighted by Crippen LogP contribution is 2.21. The molecule has 4 heteroatoms. The van der Waals surface area contributed by atoms with Gasteiger partial charge in [-0.3, -0.25) is 0 Å². The van der Waals surface area contributed by atoms with E-state index in [4.69, 9.17) is 11.6 Å². The molecule has 1 heterocycles. The number of fused-ring (bicyclic) bond motifs is 1. The van der Waals surface area contributed by atoms with Crippen LogP contribution >= 0.6 is 11.6 Å². The number of para-hydroxylation sites is 1. The summed E-state index contributed by atoms with van der Waals surface area (Å²) in [6.45, 7) is 4.47. The van der Waals surface area contributed by atoms with Crippen molar-refractivity contribution < 1.29 is 0 Å². The molecular weight excluding hydrogens is 222 g/mol. The Balaban J connectivity index is 2.38. The molecule has 0 aliphatic rings. The molecule has 0 saturated heterocycles. The molecule has 16 heavy (non-hydrogen) atoms. The van der Waals surface area contributed by atoms with Gasteiger partial charge in [0, 0.05) is 11.9 Å². The Hall–Kier alpha value is -1.61. The molecule has 2 aromatic rings. The lowest BCUT2D eigenvalue weighted by molar-refractivity contribution is 1.05. The first kappa shape index (κ1) is 10.9. The van der Waals surface area contributed by atoms with E-state index in [0.717, 1.165) is 29.7 Å². The van der Waals surface area contributed by atoms with Crippen LogP contribution in [-0.4, -0.2) is 16.5 Å². The van der Waals surface area contributed by atoms with Gasteiger partial charge in [-0.15, -0.1) is 6.58 Å². The maximum Gasteiger partial charge on any atom is 0.224 e. The van der Waals surface area contributed by atoms with Crippen molar-refractivity contribution in [1.29, 1.82) is 0 Å². The minimum absolute atomic E-state index is 0.264. The Kier molecular flexibility index (Phi) is 3.37. The largest absolute Gasteiger partial charge is 0.369 e. The molecule has 0 amide bonds. The second kappa shape index (κ2) is 4.94. The van der Waals surface area contributed by atoms with Crippen LogP contribution in [0.2, 0.25) is 5.28 Å². The molecule has 0 bridgehead atoms. The Morgan fingerprint density at radius 3 is 2.94 bits per heavy atom. The van der Waals surface area contributed by atoms with Crippen LogP contribution in [-0.2, 0) is 0 Å². The molecule has 0 atom stereocenters. The van der Waals surface area contributed by atoms with Gasteiger partial charge in [0.1, 0.15) is 5.82 Å². The van der Waals surface area contributed by atoms with Crippen LogP contribution in [0.4, 0.5) is 5.82 Å². The van der Waals surface area contributed by atoms with E-state index >= 15 is 0 Å². The third-order valence-corrected chi connectivity index (χ3v) is 2.39. The van der Waals surface area contributed by atoms with Crippen LogP contribution in [0.1, 0.15) is 6.42 Å². The van der Waals surface area contributed by atoms with Gasteiger partial charge in [-0.25, -0.2) is 9.97 Å². The molecule has 0 spiro atoms. The first-order valence-electron chi connectivity index (χ1n) is 5.08. The summed E-state index contributed by atoms with van der Waals surface area (Å²) in [4.78, 5) is 8.34. The van der Waals surface area contributed by atoms with E-state index in [9.17, 15) is 0 Å². The van der Waals surface area contributed by atoms with Crippen LogP contribution in [0.3, 0.4) is 0 Å². The number of hydrogen-bond donors (Lipinski definition) is 1. The first-order chi connectivity index (χ1) is 7.81. The predicted molar refractivity (Wildman–Crippen MR) is 67.9 cm³/mol. The fraction of sp³-hybridized carbons (Fsp3) is 0.167. The van der Waals surface area contributed by atoms with Crippen LogP contribution in [0.5, 0.6) is 0 Å². The monoisotopic (exact) mass is 233 g/mol. The van der Waals surface area contributed by atoms with Crippen molar-refractivity contribution in [3.05, 3.63) is 42.2 Å². The van der Waals surface area contributed by atoms with Gasteiger partial charge in [0.25, 0.3) is 0 Å². The topological polar surface area (TPSA) is 37.8 Å². The molecule has 1 N–H and O–H groups in total. The number of anilines is 1. The van der Waals surface area contributed by atoms with Crippen molar-refractivity contribution in [1.82, 2.24) is 9.97 Å². The van der Waals surface area contributed by atoms with Crippen molar-refractivity contribution in [3.8, 4) is 0 Å². The number of halogens is 1. The number of aromatic nitrogens is 2. The maximum atomic E-state index is 5.85. The van der Waals surface area contributed by atoms with Crippen LogP contribution in [0.15, 0.2) is 36.9 Å². The molecule has 0 unspecified atom stereocenters. The lowest BCUT2D eigenvalue weighted by atomic mass is 10.2. The third-order valence-electron chi connectivity index (χ3n) is 2.22. The highest BCUT2D eigenvalue weighted by atomic mass is 35.5. The van der Waals surface area contributed by atoms with Gasteiger partial charge in [-0.05, 0) is 30.2 Å². The zero-order chi connectivity index (χ0) is 11.4. The summed E-state index contributed by atoms with van der Waals surface area (Å²) in [5, 5.41) is 4.47. The molecule has 0 saturated carbocycles. The minimum atomic E-state index is 0.264. The quantitative estimate of drug-likeness (QED) is 0.500. The van der Waals surface area contributed by atoms with Crippen molar-refractivity contribution in [3.63, 3.8) is 0 Å². The summed E-state index contributed by atoms with van der Waals surface area (Å²) < 4.78 is 0. The number of rotatable bonds is 4. The first-order valence-corrected chi connectivity index (χ1v) is 5.46. The average molecular weight is 234 g/mol. The summed E-state index contributed by atoms with van der Waals surface area (Å²) in [6.07, 6.45) is 2.74.